The van der Waals surface area contributed by atoms with Crippen LogP contribution in [0.15, 0.2) is 30.5 Å². The summed E-state index contributed by atoms with van der Waals surface area (Å²) < 4.78 is 2.13. The average Bonchev–Trinajstić information content (AvgIpc) is 2.88. The van der Waals surface area contributed by atoms with Crippen LogP contribution in [-0.4, -0.2) is 17.0 Å². The summed E-state index contributed by atoms with van der Waals surface area (Å²) in [7, 11) is 2.05. The Labute approximate surface area is 135 Å². The first kappa shape index (κ1) is 20.2. The predicted molar refractivity (Wildman–Crippen MR) is 97.2 cm³/mol. The first-order chi connectivity index (χ1) is 10.6. The van der Waals surface area contributed by atoms with E-state index in [0.717, 1.165) is 6.42 Å². The van der Waals surface area contributed by atoms with Gasteiger partial charge in [0.05, 0.1) is 0 Å². The molecular formula is C19H32N2O. The molecule has 1 heterocycles. The van der Waals surface area contributed by atoms with Gasteiger partial charge in [0.15, 0.2) is 0 Å². The van der Waals surface area contributed by atoms with Crippen molar-refractivity contribution in [3.05, 3.63) is 36.0 Å². The summed E-state index contributed by atoms with van der Waals surface area (Å²) in [6.45, 7) is 12.5. The van der Waals surface area contributed by atoms with E-state index in [-0.39, 0.29) is 11.8 Å². The van der Waals surface area contributed by atoms with Crippen molar-refractivity contribution in [3.63, 3.8) is 0 Å². The standard InChI is InChI=1S/C15H20N2O.2C2H6/c1-11(2)15(18)16-9-8-12-10-17(3)14-7-5-4-6-13(12)14;2*1-2/h4-7,10-11H,8-9H2,1-3H3,(H,16,18);2*1-2H3. The number of hydrogen-bond donors (Lipinski definition) is 1. The summed E-state index contributed by atoms with van der Waals surface area (Å²) in [5, 5.41) is 4.23. The van der Waals surface area contributed by atoms with Gasteiger partial charge in [-0.05, 0) is 18.1 Å². The number of carbonyl (C=O) groups excluding carboxylic acids is 1. The molecule has 0 aliphatic heterocycles. The van der Waals surface area contributed by atoms with Gasteiger partial charge in [-0.1, -0.05) is 59.7 Å². The quantitative estimate of drug-likeness (QED) is 0.883. The molecule has 0 aliphatic carbocycles. The maximum absolute atomic E-state index is 11.5. The minimum absolute atomic E-state index is 0.0533. The zero-order valence-electron chi connectivity index (χ0n) is 15.2. The molecule has 1 aromatic heterocycles. The SMILES string of the molecule is CC.CC.CC(C)C(=O)NCCc1cn(C)c2ccccc12. The summed E-state index contributed by atoms with van der Waals surface area (Å²) >= 11 is 0. The molecule has 1 amide bonds. The van der Waals surface area contributed by atoms with Gasteiger partial charge in [0, 0.05) is 36.6 Å². The number of rotatable bonds is 4. The molecule has 0 fully saturated rings. The third-order valence-corrected chi connectivity index (χ3v) is 3.20. The van der Waals surface area contributed by atoms with Crippen LogP contribution in [0.1, 0.15) is 47.1 Å². The van der Waals surface area contributed by atoms with Crippen molar-refractivity contribution in [2.45, 2.75) is 48.0 Å². The lowest BCUT2D eigenvalue weighted by Crippen LogP contribution is -2.29. The van der Waals surface area contributed by atoms with Crippen LogP contribution in [0, 0.1) is 5.92 Å². The molecule has 1 N–H and O–H groups in total. The van der Waals surface area contributed by atoms with Crippen LogP contribution in [0.5, 0.6) is 0 Å². The van der Waals surface area contributed by atoms with Gasteiger partial charge < -0.3 is 9.88 Å². The van der Waals surface area contributed by atoms with Crippen LogP contribution in [-0.2, 0) is 18.3 Å². The second-order valence-electron chi connectivity index (χ2n) is 4.98. The van der Waals surface area contributed by atoms with Crippen LogP contribution in [0.4, 0.5) is 0 Å². The molecule has 22 heavy (non-hydrogen) atoms. The molecule has 124 valence electrons. The number of fused-ring (bicyclic) bond motifs is 1. The number of amides is 1. The van der Waals surface area contributed by atoms with Crippen LogP contribution in [0.3, 0.4) is 0 Å². The third-order valence-electron chi connectivity index (χ3n) is 3.20. The number of aromatic nitrogens is 1. The van der Waals surface area contributed by atoms with E-state index in [1.165, 1.54) is 16.5 Å². The number of nitrogens with one attached hydrogen (secondary N) is 1. The Morgan fingerprint density at radius 2 is 1.73 bits per heavy atom. The Bertz CT molecular complexity index is 556. The zero-order valence-corrected chi connectivity index (χ0v) is 15.2. The third kappa shape index (κ3) is 5.55. The Morgan fingerprint density at radius 3 is 2.32 bits per heavy atom. The first-order valence-corrected chi connectivity index (χ1v) is 8.40. The summed E-state index contributed by atoms with van der Waals surface area (Å²) in [6.07, 6.45) is 3.02. The van der Waals surface area contributed by atoms with E-state index in [0.29, 0.717) is 6.54 Å². The molecule has 0 saturated heterocycles. The molecule has 0 saturated carbocycles. The van der Waals surface area contributed by atoms with Crippen LogP contribution in [0.2, 0.25) is 0 Å². The summed E-state index contributed by atoms with van der Waals surface area (Å²) in [5.41, 5.74) is 2.53. The highest BCUT2D eigenvalue weighted by Crippen LogP contribution is 2.20. The largest absolute Gasteiger partial charge is 0.356 e. The second kappa shape index (κ2) is 10.9. The van der Waals surface area contributed by atoms with Gasteiger partial charge in [0.1, 0.15) is 0 Å². The number of nitrogens with zero attached hydrogens (tertiary/aromatic N) is 1. The fourth-order valence-electron chi connectivity index (χ4n) is 2.15. The van der Waals surface area contributed by atoms with Gasteiger partial charge in [-0.15, -0.1) is 0 Å². The monoisotopic (exact) mass is 304 g/mol. The highest BCUT2D eigenvalue weighted by Gasteiger charge is 2.08. The van der Waals surface area contributed by atoms with E-state index in [1.54, 1.807) is 0 Å². The van der Waals surface area contributed by atoms with Gasteiger partial charge in [0.25, 0.3) is 0 Å². The molecule has 2 rings (SSSR count). The van der Waals surface area contributed by atoms with Gasteiger partial charge in [0.2, 0.25) is 5.91 Å². The fraction of sp³-hybridized carbons (Fsp3) is 0.526. The Kier molecular flexibility index (Phi) is 10.0. The van der Waals surface area contributed by atoms with Crippen molar-refractivity contribution in [3.8, 4) is 0 Å². The van der Waals surface area contributed by atoms with Crippen molar-refractivity contribution >= 4 is 16.8 Å². The Morgan fingerprint density at radius 1 is 1.14 bits per heavy atom. The average molecular weight is 304 g/mol. The lowest BCUT2D eigenvalue weighted by molar-refractivity contribution is -0.123. The van der Waals surface area contributed by atoms with Crippen molar-refractivity contribution in [2.75, 3.05) is 6.54 Å². The van der Waals surface area contributed by atoms with E-state index in [9.17, 15) is 4.79 Å². The van der Waals surface area contributed by atoms with E-state index in [4.69, 9.17) is 0 Å². The van der Waals surface area contributed by atoms with Gasteiger partial charge in [-0.3, -0.25) is 4.79 Å². The topological polar surface area (TPSA) is 34.0 Å². The molecule has 0 atom stereocenters. The van der Waals surface area contributed by atoms with Crippen LogP contribution < -0.4 is 5.32 Å². The first-order valence-electron chi connectivity index (χ1n) is 8.40. The summed E-state index contributed by atoms with van der Waals surface area (Å²) in [6, 6.07) is 8.35. The summed E-state index contributed by atoms with van der Waals surface area (Å²) in [5.74, 6) is 0.174. The maximum atomic E-state index is 11.5. The molecule has 1 aromatic carbocycles. The van der Waals surface area contributed by atoms with Crippen molar-refractivity contribution < 1.29 is 4.79 Å². The molecule has 2 aromatic rings. The molecule has 0 radical (unpaired) electrons. The zero-order chi connectivity index (χ0) is 17.1. The van der Waals surface area contributed by atoms with Crippen molar-refractivity contribution in [2.24, 2.45) is 13.0 Å². The molecule has 3 heteroatoms. The Hall–Kier alpha value is -1.77. The van der Waals surface area contributed by atoms with E-state index in [1.807, 2.05) is 47.6 Å². The van der Waals surface area contributed by atoms with Crippen LogP contribution >= 0.6 is 0 Å². The smallest absolute Gasteiger partial charge is 0.222 e. The van der Waals surface area contributed by atoms with Gasteiger partial charge in [-0.25, -0.2) is 0 Å². The van der Waals surface area contributed by atoms with Crippen molar-refractivity contribution in [1.29, 1.82) is 0 Å². The van der Waals surface area contributed by atoms with Crippen molar-refractivity contribution in [1.82, 2.24) is 9.88 Å². The molecule has 0 unspecified atom stereocenters. The van der Waals surface area contributed by atoms with E-state index < -0.39 is 0 Å². The minimum atomic E-state index is 0.0533. The fourth-order valence-corrected chi connectivity index (χ4v) is 2.15. The molecule has 0 spiro atoms. The highest BCUT2D eigenvalue weighted by atomic mass is 16.1. The van der Waals surface area contributed by atoms with E-state index in [2.05, 4.69) is 41.3 Å². The molecule has 0 aliphatic rings. The minimum Gasteiger partial charge on any atom is -0.356 e. The molecule has 0 bridgehead atoms. The van der Waals surface area contributed by atoms with Gasteiger partial charge in [-0.2, -0.15) is 0 Å². The lowest BCUT2D eigenvalue weighted by Gasteiger charge is -2.06. The number of hydrogen-bond acceptors (Lipinski definition) is 1. The molecule has 3 nitrogen and oxygen atoms in total. The number of benzene rings is 1. The molecular weight excluding hydrogens is 272 g/mol. The lowest BCUT2D eigenvalue weighted by atomic mass is 10.1. The number of para-hydroxylation sites is 1. The number of aryl methyl sites for hydroxylation is 1. The van der Waals surface area contributed by atoms with Gasteiger partial charge >= 0.3 is 0 Å². The maximum Gasteiger partial charge on any atom is 0.222 e. The Balaban J connectivity index is 0.00000102. The number of carbonyl (C=O) groups is 1. The second-order valence-corrected chi connectivity index (χ2v) is 4.98. The normalized spacial score (nSPS) is 9.64. The van der Waals surface area contributed by atoms with Crippen LogP contribution in [0.25, 0.3) is 10.9 Å². The predicted octanol–water partition coefficient (Wildman–Crippen LogP) is 4.55. The highest BCUT2D eigenvalue weighted by molar-refractivity contribution is 5.84. The van der Waals surface area contributed by atoms with E-state index >= 15 is 0 Å². The summed E-state index contributed by atoms with van der Waals surface area (Å²) in [4.78, 5) is 11.5.